The molecule has 2 aliphatic rings. The van der Waals surface area contributed by atoms with Crippen LogP contribution in [0, 0.1) is 0 Å². The minimum absolute atomic E-state index is 0.683. The number of aromatic nitrogens is 6. The predicted octanol–water partition coefficient (Wildman–Crippen LogP) is 15.7. The summed E-state index contributed by atoms with van der Waals surface area (Å²) in [6.07, 6.45) is 5.72. The van der Waals surface area contributed by atoms with Gasteiger partial charge in [-0.05, 0) is 130 Å². The lowest BCUT2D eigenvalue weighted by atomic mass is 9.67. The standard InChI is InChI=1S/C64H38N6S/c1-6-21-52-42(14-1)43-15-2-7-22-53(43)68(52)41-29-32-60-51(38-41)64(48-19-11-33-65-61(48)62-49(64)20-12-34-66-62)50-37-40(28-31-59(50)71-60)39-27-30-57-47(36-39)46-18-5-8-23-54(46)69(57)58-26-13-35-67-63(58)70-55-24-9-3-16-44(55)45-17-4-10-25-56(45)70/h1-38H. The fraction of sp³-hybridized carbons (Fsp3) is 0.0156. The van der Waals surface area contributed by atoms with Gasteiger partial charge in [0, 0.05) is 66.4 Å². The Hall–Kier alpha value is -9.04. The largest absolute Gasteiger partial charge is 0.309 e. The molecule has 7 heterocycles. The summed E-state index contributed by atoms with van der Waals surface area (Å²) < 4.78 is 7.16. The Morgan fingerprint density at radius 1 is 0.324 bits per heavy atom. The zero-order chi connectivity index (χ0) is 46.4. The van der Waals surface area contributed by atoms with Crippen molar-refractivity contribution in [3.8, 4) is 39.7 Å². The van der Waals surface area contributed by atoms with Crippen molar-refractivity contribution in [2.24, 2.45) is 0 Å². The number of para-hydroxylation sites is 5. The van der Waals surface area contributed by atoms with Gasteiger partial charge in [-0.25, -0.2) is 4.98 Å². The molecule has 6 nitrogen and oxygen atoms in total. The molecule has 71 heavy (non-hydrogen) atoms. The molecule has 14 aromatic rings. The first kappa shape index (κ1) is 38.9. The molecule has 0 radical (unpaired) electrons. The summed E-state index contributed by atoms with van der Waals surface area (Å²) in [6.45, 7) is 0. The SMILES string of the molecule is c1cnc(-n2c3ccccc3c3ccccc32)c(-n2c3ccccc3c3cc(-c4ccc5c(c4)C4(c6cc(-n7c8ccccc8c8ccccc87)ccc6S5)c5cccnc5-c5ncccc54)ccc32)c1. The fourth-order valence-corrected chi connectivity index (χ4v) is 13.6. The molecule has 330 valence electrons. The summed E-state index contributed by atoms with van der Waals surface area (Å²) >= 11 is 1.86. The molecule has 0 fully saturated rings. The van der Waals surface area contributed by atoms with Crippen LogP contribution in [0.1, 0.15) is 22.3 Å². The monoisotopic (exact) mass is 922 g/mol. The van der Waals surface area contributed by atoms with Crippen LogP contribution in [0.15, 0.2) is 241 Å². The van der Waals surface area contributed by atoms with Gasteiger partial charge in [0.25, 0.3) is 0 Å². The smallest absolute Gasteiger partial charge is 0.162 e. The van der Waals surface area contributed by atoms with E-state index in [0.29, 0.717) is 0 Å². The molecule has 0 saturated heterocycles. The van der Waals surface area contributed by atoms with Crippen molar-refractivity contribution in [2.45, 2.75) is 15.2 Å². The van der Waals surface area contributed by atoms with Crippen molar-refractivity contribution in [1.82, 2.24) is 28.7 Å². The normalized spacial score (nSPS) is 13.4. The van der Waals surface area contributed by atoms with Gasteiger partial charge in [0.15, 0.2) is 5.82 Å². The lowest BCUT2D eigenvalue weighted by Gasteiger charge is -2.39. The first-order valence-electron chi connectivity index (χ1n) is 24.1. The third-order valence-corrected chi connectivity index (χ3v) is 16.4. The molecule has 0 unspecified atom stereocenters. The second kappa shape index (κ2) is 14.5. The summed E-state index contributed by atoms with van der Waals surface area (Å²) in [5, 5.41) is 7.28. The highest BCUT2D eigenvalue weighted by atomic mass is 32.2. The van der Waals surface area contributed by atoms with Crippen molar-refractivity contribution in [1.29, 1.82) is 0 Å². The summed E-state index contributed by atoms with van der Waals surface area (Å²) in [5.74, 6) is 0.886. The minimum atomic E-state index is -0.683. The molecule has 0 saturated carbocycles. The van der Waals surface area contributed by atoms with E-state index in [2.05, 4.69) is 226 Å². The van der Waals surface area contributed by atoms with Crippen LogP contribution in [0.5, 0.6) is 0 Å². The van der Waals surface area contributed by atoms with E-state index in [1.165, 1.54) is 64.3 Å². The van der Waals surface area contributed by atoms with Crippen molar-refractivity contribution in [3.63, 3.8) is 0 Å². The summed E-state index contributed by atoms with van der Waals surface area (Å²) in [6, 6.07) is 77.8. The van der Waals surface area contributed by atoms with Gasteiger partial charge in [-0.1, -0.05) is 127 Å². The van der Waals surface area contributed by atoms with Crippen LogP contribution in [0.4, 0.5) is 0 Å². The van der Waals surface area contributed by atoms with Gasteiger partial charge in [0.2, 0.25) is 0 Å². The maximum atomic E-state index is 5.16. The van der Waals surface area contributed by atoms with Gasteiger partial charge < -0.3 is 9.13 Å². The van der Waals surface area contributed by atoms with Gasteiger partial charge in [0.1, 0.15) is 0 Å². The van der Waals surface area contributed by atoms with Crippen molar-refractivity contribution in [2.75, 3.05) is 0 Å². The number of hydrogen-bond acceptors (Lipinski definition) is 4. The molecular weight excluding hydrogens is 885 g/mol. The highest BCUT2D eigenvalue weighted by molar-refractivity contribution is 7.99. The Labute approximate surface area is 411 Å². The van der Waals surface area contributed by atoms with Crippen LogP contribution in [0.25, 0.3) is 105 Å². The zero-order valence-corrected chi connectivity index (χ0v) is 38.8. The number of rotatable bonds is 4. The Balaban J connectivity index is 0.913. The van der Waals surface area contributed by atoms with Crippen LogP contribution in [-0.4, -0.2) is 28.7 Å². The lowest BCUT2D eigenvalue weighted by molar-refractivity contribution is 0.718. The Morgan fingerprint density at radius 3 is 1.38 bits per heavy atom. The molecule has 0 N–H and O–H groups in total. The second-order valence-electron chi connectivity index (χ2n) is 18.7. The topological polar surface area (TPSA) is 53.5 Å². The van der Waals surface area contributed by atoms with Crippen LogP contribution >= 0.6 is 11.8 Å². The molecular formula is C64H38N6S. The number of benzene rings is 8. The zero-order valence-electron chi connectivity index (χ0n) is 38.0. The number of hydrogen-bond donors (Lipinski definition) is 0. The van der Waals surface area contributed by atoms with Gasteiger partial charge >= 0.3 is 0 Å². The van der Waals surface area contributed by atoms with Gasteiger partial charge in [-0.15, -0.1) is 0 Å². The summed E-state index contributed by atoms with van der Waals surface area (Å²) in [5.41, 5.74) is 17.3. The van der Waals surface area contributed by atoms with E-state index in [-0.39, 0.29) is 0 Å². The number of pyridine rings is 3. The second-order valence-corrected chi connectivity index (χ2v) is 19.8. The fourth-order valence-electron chi connectivity index (χ4n) is 12.4. The molecule has 7 heteroatoms. The van der Waals surface area contributed by atoms with E-state index in [1.54, 1.807) is 0 Å². The third-order valence-electron chi connectivity index (χ3n) is 15.3. The number of fused-ring (bicyclic) bond motifs is 18. The van der Waals surface area contributed by atoms with Crippen molar-refractivity contribution in [3.05, 3.63) is 253 Å². The average molecular weight is 923 g/mol. The molecule has 6 aromatic heterocycles. The predicted molar refractivity (Wildman–Crippen MR) is 290 cm³/mol. The van der Waals surface area contributed by atoms with Crippen molar-refractivity contribution < 1.29 is 0 Å². The van der Waals surface area contributed by atoms with Crippen LogP contribution in [-0.2, 0) is 5.41 Å². The van der Waals surface area contributed by atoms with E-state index < -0.39 is 5.41 Å². The van der Waals surface area contributed by atoms with E-state index in [4.69, 9.17) is 15.0 Å². The molecule has 0 amide bonds. The van der Waals surface area contributed by atoms with Crippen molar-refractivity contribution >= 4 is 77.2 Å². The van der Waals surface area contributed by atoms with Gasteiger partial charge in [-0.3, -0.25) is 14.5 Å². The van der Waals surface area contributed by atoms with Gasteiger partial charge in [-0.2, -0.15) is 0 Å². The molecule has 0 bridgehead atoms. The Morgan fingerprint density at radius 2 is 0.775 bits per heavy atom. The Kier molecular flexibility index (Phi) is 7.94. The first-order valence-corrected chi connectivity index (χ1v) is 24.9. The van der Waals surface area contributed by atoms with E-state index in [0.717, 1.165) is 72.9 Å². The first-order chi connectivity index (χ1) is 35.2. The van der Waals surface area contributed by atoms with Crippen LogP contribution in [0.2, 0.25) is 0 Å². The average Bonchev–Trinajstić information content (AvgIpc) is 4.15. The van der Waals surface area contributed by atoms with Crippen LogP contribution < -0.4 is 0 Å². The maximum Gasteiger partial charge on any atom is 0.162 e. The van der Waals surface area contributed by atoms with Crippen LogP contribution in [0.3, 0.4) is 0 Å². The summed E-state index contributed by atoms with van der Waals surface area (Å²) in [4.78, 5) is 17.8. The van der Waals surface area contributed by atoms with E-state index >= 15 is 0 Å². The van der Waals surface area contributed by atoms with E-state index in [9.17, 15) is 0 Å². The molecule has 16 rings (SSSR count). The minimum Gasteiger partial charge on any atom is -0.309 e. The van der Waals surface area contributed by atoms with Gasteiger partial charge in [0.05, 0.1) is 55.6 Å². The molecule has 1 aliphatic carbocycles. The molecule has 1 spiro atoms. The summed E-state index contributed by atoms with van der Waals surface area (Å²) in [7, 11) is 0. The highest BCUT2D eigenvalue weighted by Gasteiger charge is 2.52. The Bertz CT molecular complexity index is 4440. The molecule has 8 aromatic carbocycles. The lowest BCUT2D eigenvalue weighted by Crippen LogP contribution is -2.32. The molecule has 1 aliphatic heterocycles. The van der Waals surface area contributed by atoms with E-state index in [1.807, 2.05) is 30.4 Å². The maximum absolute atomic E-state index is 5.16. The number of nitrogens with zero attached hydrogens (tertiary/aromatic N) is 6. The third kappa shape index (κ3) is 5.20. The molecule has 0 atom stereocenters. The quantitative estimate of drug-likeness (QED) is 0.176. The highest BCUT2D eigenvalue weighted by Crippen LogP contribution is 2.62.